The predicted molar refractivity (Wildman–Crippen MR) is 98.2 cm³/mol. The second kappa shape index (κ2) is 7.00. The molecule has 2 fully saturated rings. The molecular weight excluding hydrogens is 335 g/mol. The highest BCUT2D eigenvalue weighted by Crippen LogP contribution is 2.28. The zero-order valence-electron chi connectivity index (χ0n) is 14.7. The van der Waals surface area contributed by atoms with Crippen LogP contribution in [-0.4, -0.2) is 26.9 Å². The van der Waals surface area contributed by atoms with E-state index in [9.17, 15) is 4.39 Å². The van der Waals surface area contributed by atoms with E-state index in [2.05, 4.69) is 0 Å². The Labute approximate surface area is 153 Å². The predicted octanol–water partition coefficient (Wildman–Crippen LogP) is 2.95. The Morgan fingerprint density at radius 1 is 1.16 bits per heavy atom. The number of hydrogen-bond donors (Lipinski definition) is 1. The van der Waals surface area contributed by atoms with Gasteiger partial charge in [0.25, 0.3) is 0 Å². The van der Waals surface area contributed by atoms with Crippen LogP contribution in [0.15, 0.2) is 24.3 Å². The summed E-state index contributed by atoms with van der Waals surface area (Å²) in [4.78, 5) is 1.64. The standard InChI is InChI=1S/C19H25FN4S/c1-22-18(15-8-10-16(20)11-9-15)21-24(19(22)25)13-23-12-4-6-14-5-2-3-7-17(14)23/h8-11,14,17H,2-7,12-13H2,1H3/p+1/t14-,17+/m1/s1. The normalized spacial score (nSPS) is 26.4. The third kappa shape index (κ3) is 3.29. The largest absolute Gasteiger partial charge is 0.314 e. The third-order valence-corrected chi connectivity index (χ3v) is 6.49. The molecule has 1 aliphatic heterocycles. The molecule has 4 nitrogen and oxygen atoms in total. The lowest BCUT2D eigenvalue weighted by Gasteiger charge is -2.40. The monoisotopic (exact) mass is 361 g/mol. The summed E-state index contributed by atoms with van der Waals surface area (Å²) in [5, 5.41) is 4.77. The van der Waals surface area contributed by atoms with Crippen molar-refractivity contribution in [3.05, 3.63) is 34.9 Å². The Hall–Kier alpha value is -1.53. The smallest absolute Gasteiger partial charge is 0.202 e. The van der Waals surface area contributed by atoms with E-state index in [1.54, 1.807) is 17.0 Å². The van der Waals surface area contributed by atoms with Gasteiger partial charge in [0.15, 0.2) is 12.5 Å². The number of aromatic nitrogens is 3. The summed E-state index contributed by atoms with van der Waals surface area (Å²) in [7, 11) is 1.94. The molecule has 3 atom stereocenters. The topological polar surface area (TPSA) is 27.2 Å². The summed E-state index contributed by atoms with van der Waals surface area (Å²) >= 11 is 5.63. The number of benzene rings is 1. The van der Waals surface area contributed by atoms with E-state index in [4.69, 9.17) is 17.3 Å². The van der Waals surface area contributed by atoms with Crippen LogP contribution in [0.5, 0.6) is 0 Å². The van der Waals surface area contributed by atoms with Crippen molar-refractivity contribution in [2.75, 3.05) is 6.54 Å². The summed E-state index contributed by atoms with van der Waals surface area (Å²) in [5.74, 6) is 1.46. The maximum absolute atomic E-state index is 13.2. The lowest BCUT2D eigenvalue weighted by Crippen LogP contribution is -3.17. The molecule has 25 heavy (non-hydrogen) atoms. The van der Waals surface area contributed by atoms with Gasteiger partial charge in [-0.1, -0.05) is 6.42 Å². The van der Waals surface area contributed by atoms with E-state index < -0.39 is 0 Å². The molecule has 1 saturated carbocycles. The SMILES string of the molecule is Cn1c(-c2ccc(F)cc2)nn(C[NH+]2CCC[C@H]3CCCC[C@@H]32)c1=S. The van der Waals surface area contributed by atoms with E-state index in [0.29, 0.717) is 0 Å². The first kappa shape index (κ1) is 16.9. The second-order valence-corrected chi connectivity index (χ2v) is 7.90. The number of quaternary nitrogens is 1. The van der Waals surface area contributed by atoms with Gasteiger partial charge in [-0.25, -0.2) is 4.39 Å². The van der Waals surface area contributed by atoms with Gasteiger partial charge in [0.1, 0.15) is 5.82 Å². The molecular formula is C19H26FN4S+. The van der Waals surface area contributed by atoms with Crippen molar-refractivity contribution in [1.29, 1.82) is 0 Å². The number of halogens is 1. The van der Waals surface area contributed by atoms with E-state index >= 15 is 0 Å². The number of hydrogen-bond acceptors (Lipinski definition) is 2. The van der Waals surface area contributed by atoms with Crippen molar-refractivity contribution in [2.45, 2.75) is 51.2 Å². The molecule has 2 heterocycles. The number of nitrogens with one attached hydrogen (secondary N) is 1. The Bertz CT molecular complexity index is 793. The maximum atomic E-state index is 13.2. The van der Waals surface area contributed by atoms with E-state index in [1.807, 2.05) is 16.3 Å². The molecule has 1 aromatic heterocycles. The molecule has 1 saturated heterocycles. The van der Waals surface area contributed by atoms with Gasteiger partial charge in [0.05, 0.1) is 12.6 Å². The molecule has 1 N–H and O–H groups in total. The lowest BCUT2D eigenvalue weighted by molar-refractivity contribution is -0.958. The third-order valence-electron chi connectivity index (χ3n) is 6.00. The zero-order chi connectivity index (χ0) is 17.4. The average molecular weight is 362 g/mol. The molecule has 0 amide bonds. The van der Waals surface area contributed by atoms with E-state index in [0.717, 1.165) is 34.8 Å². The van der Waals surface area contributed by atoms with Crippen LogP contribution < -0.4 is 4.90 Å². The van der Waals surface area contributed by atoms with Crippen LogP contribution in [0.2, 0.25) is 0 Å². The van der Waals surface area contributed by atoms with Crippen molar-refractivity contribution in [3.63, 3.8) is 0 Å². The number of rotatable bonds is 3. The van der Waals surface area contributed by atoms with Gasteiger partial charge in [-0.05, 0) is 68.6 Å². The number of nitrogens with zero attached hydrogens (tertiary/aromatic N) is 3. The molecule has 1 aliphatic carbocycles. The Balaban J connectivity index is 1.59. The number of likely N-dealkylation sites (tertiary alicyclic amines) is 1. The molecule has 0 radical (unpaired) electrons. The quantitative estimate of drug-likeness (QED) is 0.851. The first-order valence-electron chi connectivity index (χ1n) is 9.38. The van der Waals surface area contributed by atoms with Crippen LogP contribution in [-0.2, 0) is 13.7 Å². The van der Waals surface area contributed by atoms with Gasteiger partial charge in [-0.15, -0.1) is 5.10 Å². The highest BCUT2D eigenvalue weighted by molar-refractivity contribution is 7.71. The highest BCUT2D eigenvalue weighted by atomic mass is 32.1. The summed E-state index contributed by atoms with van der Waals surface area (Å²) in [6.07, 6.45) is 8.18. The fraction of sp³-hybridized carbons (Fsp3) is 0.579. The Morgan fingerprint density at radius 3 is 2.68 bits per heavy atom. The number of piperidine rings is 1. The number of fused-ring (bicyclic) bond motifs is 1. The van der Waals surface area contributed by atoms with E-state index in [1.165, 1.54) is 57.2 Å². The van der Waals surface area contributed by atoms with Crippen molar-refractivity contribution in [3.8, 4) is 11.4 Å². The van der Waals surface area contributed by atoms with Crippen LogP contribution in [0, 0.1) is 16.5 Å². The lowest BCUT2D eigenvalue weighted by atomic mass is 9.78. The van der Waals surface area contributed by atoms with Gasteiger partial charge >= 0.3 is 0 Å². The average Bonchev–Trinajstić information content (AvgIpc) is 2.91. The molecule has 1 unspecified atom stereocenters. The van der Waals surface area contributed by atoms with Crippen molar-refractivity contribution < 1.29 is 9.29 Å². The van der Waals surface area contributed by atoms with Crippen LogP contribution in [0.1, 0.15) is 38.5 Å². The van der Waals surface area contributed by atoms with Gasteiger partial charge in [0.2, 0.25) is 4.77 Å². The molecule has 134 valence electrons. The van der Waals surface area contributed by atoms with Gasteiger partial charge in [-0.3, -0.25) is 0 Å². The fourth-order valence-electron chi connectivity index (χ4n) is 4.70. The highest BCUT2D eigenvalue weighted by Gasteiger charge is 2.36. The van der Waals surface area contributed by atoms with Crippen LogP contribution in [0.4, 0.5) is 4.39 Å². The van der Waals surface area contributed by atoms with Gasteiger partial charge < -0.3 is 9.47 Å². The molecule has 2 aromatic rings. The first-order chi connectivity index (χ1) is 12.1. The Kier molecular flexibility index (Phi) is 4.73. The minimum Gasteiger partial charge on any atom is -0.314 e. The van der Waals surface area contributed by atoms with E-state index in [-0.39, 0.29) is 5.82 Å². The van der Waals surface area contributed by atoms with Crippen LogP contribution >= 0.6 is 12.2 Å². The second-order valence-electron chi connectivity index (χ2n) is 7.53. The van der Waals surface area contributed by atoms with Crippen molar-refractivity contribution in [1.82, 2.24) is 14.3 Å². The summed E-state index contributed by atoms with van der Waals surface area (Å²) in [6.45, 7) is 2.06. The fourth-order valence-corrected chi connectivity index (χ4v) is 4.89. The first-order valence-corrected chi connectivity index (χ1v) is 9.78. The zero-order valence-corrected chi connectivity index (χ0v) is 15.6. The van der Waals surface area contributed by atoms with Crippen molar-refractivity contribution in [2.24, 2.45) is 13.0 Å². The molecule has 6 heteroatoms. The maximum Gasteiger partial charge on any atom is 0.202 e. The molecule has 4 rings (SSSR count). The molecule has 0 bridgehead atoms. The van der Waals surface area contributed by atoms with Crippen LogP contribution in [0.25, 0.3) is 11.4 Å². The van der Waals surface area contributed by atoms with Crippen LogP contribution in [0.3, 0.4) is 0 Å². The molecule has 2 aliphatic rings. The summed E-state index contributed by atoms with van der Waals surface area (Å²) in [5.41, 5.74) is 0.901. The van der Waals surface area contributed by atoms with Gasteiger partial charge in [-0.2, -0.15) is 4.68 Å². The molecule has 0 spiro atoms. The minimum absolute atomic E-state index is 0.231. The van der Waals surface area contributed by atoms with Gasteiger partial charge in [0, 0.05) is 18.5 Å². The summed E-state index contributed by atoms with van der Waals surface area (Å²) in [6, 6.07) is 7.24. The minimum atomic E-state index is -0.231. The van der Waals surface area contributed by atoms with Crippen molar-refractivity contribution >= 4 is 12.2 Å². The Morgan fingerprint density at radius 2 is 1.88 bits per heavy atom. The summed E-state index contributed by atoms with van der Waals surface area (Å²) < 4.78 is 17.8. The molecule has 1 aromatic carbocycles.